The van der Waals surface area contributed by atoms with Gasteiger partial charge in [-0.3, -0.25) is 9.78 Å². The first-order chi connectivity index (χ1) is 18.9. The first-order valence-electron chi connectivity index (χ1n) is 13.0. The lowest BCUT2D eigenvalue weighted by Crippen LogP contribution is -2.42. The van der Waals surface area contributed by atoms with E-state index in [2.05, 4.69) is 57.1 Å². The van der Waals surface area contributed by atoms with Crippen molar-refractivity contribution in [3.8, 4) is 17.0 Å². The molecule has 10 heteroatoms. The molecule has 39 heavy (non-hydrogen) atoms. The molecule has 2 N–H and O–H groups in total. The van der Waals surface area contributed by atoms with Crippen molar-refractivity contribution >= 4 is 34.4 Å². The fourth-order valence-electron chi connectivity index (χ4n) is 5.05. The van der Waals surface area contributed by atoms with E-state index in [9.17, 15) is 4.79 Å². The Labute approximate surface area is 228 Å². The van der Waals surface area contributed by atoms with E-state index in [1.165, 1.54) is 6.08 Å². The van der Waals surface area contributed by atoms with Gasteiger partial charge >= 0.3 is 0 Å². The number of nitrogens with one attached hydrogen (secondary N) is 2. The Morgan fingerprint density at radius 2 is 1.97 bits per heavy atom. The van der Waals surface area contributed by atoms with E-state index in [1.807, 2.05) is 41.9 Å². The number of aromatic nitrogens is 4. The summed E-state index contributed by atoms with van der Waals surface area (Å²) in [5.74, 6) is 0.732. The molecule has 0 unspecified atom stereocenters. The highest BCUT2D eigenvalue weighted by Gasteiger charge is 2.24. The zero-order valence-corrected chi connectivity index (χ0v) is 22.8. The van der Waals surface area contributed by atoms with Crippen molar-refractivity contribution in [2.75, 3.05) is 49.8 Å². The van der Waals surface area contributed by atoms with Crippen LogP contribution in [0.4, 0.5) is 23.0 Å². The van der Waals surface area contributed by atoms with Gasteiger partial charge in [0.05, 0.1) is 41.6 Å². The second-order valence-corrected chi connectivity index (χ2v) is 9.90. The molecule has 0 atom stereocenters. The predicted octanol–water partition coefficient (Wildman–Crippen LogP) is 4.51. The van der Waals surface area contributed by atoms with Crippen molar-refractivity contribution in [1.82, 2.24) is 24.5 Å². The topological polar surface area (TPSA) is 99.9 Å². The SMILES string of the molecule is C=CC(=O)Nc1cc(Nc2ncc3c(C)cc(-c4cccnc4)n3n2)c(OC)cc1N1CCC(N(C)C)CC1. The summed E-state index contributed by atoms with van der Waals surface area (Å²) in [7, 11) is 5.87. The highest BCUT2D eigenvalue weighted by Crippen LogP contribution is 2.39. The number of piperidine rings is 1. The van der Waals surface area contributed by atoms with E-state index in [0.717, 1.165) is 54.0 Å². The fourth-order valence-corrected chi connectivity index (χ4v) is 5.05. The average molecular weight is 527 g/mol. The van der Waals surface area contributed by atoms with Gasteiger partial charge in [-0.2, -0.15) is 0 Å². The van der Waals surface area contributed by atoms with E-state index >= 15 is 0 Å². The lowest BCUT2D eigenvalue weighted by atomic mass is 10.0. The number of ether oxygens (including phenoxy) is 1. The minimum absolute atomic E-state index is 0.280. The summed E-state index contributed by atoms with van der Waals surface area (Å²) in [5.41, 5.74) is 6.05. The Kier molecular flexibility index (Phi) is 7.47. The minimum Gasteiger partial charge on any atom is -0.494 e. The third-order valence-corrected chi connectivity index (χ3v) is 7.22. The molecule has 4 aromatic rings. The minimum atomic E-state index is -0.280. The summed E-state index contributed by atoms with van der Waals surface area (Å²) in [6.45, 7) is 7.40. The number of hydrogen-bond acceptors (Lipinski definition) is 8. The second kappa shape index (κ2) is 11.1. The first-order valence-corrected chi connectivity index (χ1v) is 13.0. The maximum atomic E-state index is 12.4. The molecule has 0 bridgehead atoms. The number of amides is 1. The molecule has 0 saturated carbocycles. The molecule has 1 amide bonds. The number of fused-ring (bicyclic) bond motifs is 1. The van der Waals surface area contributed by atoms with Crippen molar-refractivity contribution in [2.45, 2.75) is 25.8 Å². The molecule has 1 aliphatic rings. The van der Waals surface area contributed by atoms with E-state index in [0.29, 0.717) is 29.1 Å². The maximum Gasteiger partial charge on any atom is 0.247 e. The number of anilines is 4. The molecular formula is C29H34N8O2. The largest absolute Gasteiger partial charge is 0.494 e. The molecule has 4 heterocycles. The summed E-state index contributed by atoms with van der Waals surface area (Å²) in [6, 6.07) is 10.3. The summed E-state index contributed by atoms with van der Waals surface area (Å²) in [5, 5.41) is 11.1. The van der Waals surface area contributed by atoms with Crippen LogP contribution in [0.2, 0.25) is 0 Å². The number of benzene rings is 1. The van der Waals surface area contributed by atoms with Crippen molar-refractivity contribution in [2.24, 2.45) is 0 Å². The Balaban J connectivity index is 1.51. The van der Waals surface area contributed by atoms with Gasteiger partial charge in [0.25, 0.3) is 0 Å². The third kappa shape index (κ3) is 5.42. The van der Waals surface area contributed by atoms with Gasteiger partial charge in [0.15, 0.2) is 0 Å². The van der Waals surface area contributed by atoms with Crippen LogP contribution in [-0.2, 0) is 4.79 Å². The molecular weight excluding hydrogens is 492 g/mol. The normalized spacial score (nSPS) is 14.0. The standard InChI is InChI=1S/C29H34N8O2/c1-6-28(38)32-22-15-23(27(39-5)16-25(22)36-12-9-21(10-13-36)35(3)4)33-29-31-18-26-19(2)14-24(37(26)34-29)20-8-7-11-30-17-20/h6-8,11,14-18,21H,1,9-10,12-13H2,2-5H3,(H,32,38)(H,33,34). The van der Waals surface area contributed by atoms with Crippen LogP contribution in [0.25, 0.3) is 16.8 Å². The number of carbonyl (C=O) groups is 1. The van der Waals surface area contributed by atoms with Crippen LogP contribution >= 0.6 is 0 Å². The van der Waals surface area contributed by atoms with Crippen LogP contribution in [0.15, 0.2) is 61.6 Å². The van der Waals surface area contributed by atoms with E-state index in [1.54, 1.807) is 19.5 Å². The molecule has 1 aliphatic heterocycles. The van der Waals surface area contributed by atoms with Gasteiger partial charge in [-0.15, -0.1) is 5.10 Å². The fraction of sp³-hybridized carbons (Fsp3) is 0.310. The zero-order valence-electron chi connectivity index (χ0n) is 22.8. The summed E-state index contributed by atoms with van der Waals surface area (Å²) >= 11 is 0. The van der Waals surface area contributed by atoms with Crippen LogP contribution in [0.5, 0.6) is 5.75 Å². The molecule has 5 rings (SSSR count). The second-order valence-electron chi connectivity index (χ2n) is 9.90. The molecule has 0 radical (unpaired) electrons. The van der Waals surface area contributed by atoms with Crippen LogP contribution in [0.1, 0.15) is 18.4 Å². The zero-order chi connectivity index (χ0) is 27.5. The molecule has 1 aromatic carbocycles. The average Bonchev–Trinajstić information content (AvgIpc) is 3.29. The lowest BCUT2D eigenvalue weighted by molar-refractivity contribution is -0.111. The highest BCUT2D eigenvalue weighted by atomic mass is 16.5. The van der Waals surface area contributed by atoms with Gasteiger partial charge in [0.1, 0.15) is 5.75 Å². The number of aryl methyl sites for hydroxylation is 1. The van der Waals surface area contributed by atoms with E-state index in [4.69, 9.17) is 9.84 Å². The Bertz CT molecular complexity index is 1490. The number of rotatable bonds is 8. The Hall–Kier alpha value is -4.44. The van der Waals surface area contributed by atoms with Gasteiger partial charge in [-0.05, 0) is 69.8 Å². The van der Waals surface area contributed by atoms with E-state index < -0.39 is 0 Å². The molecule has 0 aliphatic carbocycles. The van der Waals surface area contributed by atoms with Crippen LogP contribution in [0, 0.1) is 6.92 Å². The molecule has 1 fully saturated rings. The number of pyridine rings is 1. The summed E-state index contributed by atoms with van der Waals surface area (Å²) in [6.07, 6.45) is 8.69. The van der Waals surface area contributed by atoms with Crippen molar-refractivity contribution in [3.05, 3.63) is 67.1 Å². The summed E-state index contributed by atoms with van der Waals surface area (Å²) < 4.78 is 7.64. The van der Waals surface area contributed by atoms with Crippen molar-refractivity contribution in [1.29, 1.82) is 0 Å². The van der Waals surface area contributed by atoms with Crippen LogP contribution < -0.4 is 20.3 Å². The lowest BCUT2D eigenvalue weighted by Gasteiger charge is -2.37. The third-order valence-electron chi connectivity index (χ3n) is 7.22. The number of methoxy groups -OCH3 is 1. The number of hydrogen-bond donors (Lipinski definition) is 2. The van der Waals surface area contributed by atoms with Crippen molar-refractivity contribution in [3.63, 3.8) is 0 Å². The smallest absolute Gasteiger partial charge is 0.247 e. The van der Waals surface area contributed by atoms with Crippen molar-refractivity contribution < 1.29 is 9.53 Å². The van der Waals surface area contributed by atoms with Gasteiger partial charge < -0.3 is 25.2 Å². The highest BCUT2D eigenvalue weighted by molar-refractivity contribution is 6.02. The molecule has 202 valence electrons. The van der Waals surface area contributed by atoms with Crippen LogP contribution in [-0.4, -0.2) is 70.7 Å². The predicted molar refractivity (Wildman–Crippen MR) is 155 cm³/mol. The molecule has 1 saturated heterocycles. The van der Waals surface area contributed by atoms with Gasteiger partial charge in [0.2, 0.25) is 11.9 Å². The first kappa shape index (κ1) is 26.2. The van der Waals surface area contributed by atoms with Gasteiger partial charge in [-0.25, -0.2) is 9.50 Å². The van der Waals surface area contributed by atoms with E-state index in [-0.39, 0.29) is 5.91 Å². The molecule has 3 aromatic heterocycles. The van der Waals surface area contributed by atoms with Gasteiger partial charge in [0, 0.05) is 43.2 Å². The Morgan fingerprint density at radius 1 is 1.18 bits per heavy atom. The number of nitrogens with zero attached hydrogens (tertiary/aromatic N) is 6. The monoisotopic (exact) mass is 526 g/mol. The quantitative estimate of drug-likeness (QED) is 0.324. The van der Waals surface area contributed by atoms with Gasteiger partial charge in [-0.1, -0.05) is 6.58 Å². The maximum absolute atomic E-state index is 12.4. The number of carbonyl (C=O) groups excluding carboxylic acids is 1. The Morgan fingerprint density at radius 3 is 2.64 bits per heavy atom. The van der Waals surface area contributed by atoms with Crippen LogP contribution in [0.3, 0.4) is 0 Å². The molecule has 10 nitrogen and oxygen atoms in total. The summed E-state index contributed by atoms with van der Waals surface area (Å²) in [4.78, 5) is 25.7. The molecule has 0 spiro atoms.